The molecule has 0 aliphatic heterocycles. The smallest absolute Gasteiger partial charge is 0.130 e. The van der Waals surface area contributed by atoms with Crippen LogP contribution < -0.4 is 5.32 Å². The van der Waals surface area contributed by atoms with Gasteiger partial charge >= 0.3 is 0 Å². The summed E-state index contributed by atoms with van der Waals surface area (Å²) in [7, 11) is 0. The van der Waals surface area contributed by atoms with Gasteiger partial charge in [0, 0.05) is 11.9 Å². The predicted octanol–water partition coefficient (Wildman–Crippen LogP) is 1.32. The van der Waals surface area contributed by atoms with E-state index in [9.17, 15) is 0 Å². The van der Waals surface area contributed by atoms with Gasteiger partial charge in [0.1, 0.15) is 4.32 Å². The Bertz CT molecular complexity index is 206. The lowest BCUT2D eigenvalue weighted by Gasteiger charge is -1.98. The maximum Gasteiger partial charge on any atom is 0.130 e. The number of aromatic amines is 1. The molecule has 0 aliphatic carbocycles. The second-order valence-corrected chi connectivity index (χ2v) is 3.01. The van der Waals surface area contributed by atoms with Crippen molar-refractivity contribution in [3.8, 4) is 0 Å². The highest BCUT2D eigenvalue weighted by Gasteiger charge is 1.90. The molecule has 1 aromatic rings. The van der Waals surface area contributed by atoms with Crippen LogP contribution in [0.5, 0.6) is 0 Å². The van der Waals surface area contributed by atoms with Gasteiger partial charge in [-0.1, -0.05) is 12.2 Å². The molecule has 0 fully saturated rings. The first kappa shape index (κ1) is 7.63. The minimum atomic E-state index is 0.523. The second-order valence-electron chi connectivity index (χ2n) is 1.85. The number of H-pyrrole nitrogens is 1. The molecule has 2 nitrogen and oxygen atoms in total. The highest BCUT2D eigenvalue weighted by Crippen LogP contribution is 1.93. The number of hydrogen-bond acceptors (Lipinski definition) is 1. The molecule has 0 aliphatic rings. The number of aromatic nitrogens is 1. The molecule has 2 N–H and O–H groups in total. The molecule has 0 aromatic carbocycles. The Morgan fingerprint density at radius 3 is 3.10 bits per heavy atom. The van der Waals surface area contributed by atoms with Crippen molar-refractivity contribution in [2.24, 2.45) is 0 Å². The summed E-state index contributed by atoms with van der Waals surface area (Å²) in [6, 6.07) is 3.93. The van der Waals surface area contributed by atoms with Gasteiger partial charge in [-0.2, -0.15) is 0 Å². The normalized spacial score (nSPS) is 9.30. The van der Waals surface area contributed by atoms with Gasteiger partial charge in [0.25, 0.3) is 0 Å². The predicted molar refractivity (Wildman–Crippen MR) is 49.2 cm³/mol. The Hall–Kier alpha value is -0.480. The van der Waals surface area contributed by atoms with Gasteiger partial charge in [-0.05, 0) is 12.1 Å². The van der Waals surface area contributed by atoms with Gasteiger partial charge in [-0.15, -0.1) is 12.6 Å². The number of thiol groups is 1. The van der Waals surface area contributed by atoms with Crippen LogP contribution >= 0.6 is 24.8 Å². The fourth-order valence-electron chi connectivity index (χ4n) is 0.648. The molecule has 54 valence electrons. The Balaban J connectivity index is 2.35. The van der Waals surface area contributed by atoms with E-state index >= 15 is 0 Å². The van der Waals surface area contributed by atoms with E-state index in [1.807, 2.05) is 18.3 Å². The molecule has 0 atom stereocenters. The van der Waals surface area contributed by atoms with Crippen molar-refractivity contribution in [2.75, 3.05) is 0 Å². The van der Waals surface area contributed by atoms with Gasteiger partial charge in [-0.25, -0.2) is 0 Å². The fraction of sp³-hybridized carbons (Fsp3) is 0.167. The zero-order chi connectivity index (χ0) is 7.40. The first-order valence-corrected chi connectivity index (χ1v) is 3.73. The largest absolute Gasteiger partial charge is 0.366 e. The van der Waals surface area contributed by atoms with Crippen molar-refractivity contribution in [3.63, 3.8) is 0 Å². The molecule has 10 heavy (non-hydrogen) atoms. The summed E-state index contributed by atoms with van der Waals surface area (Å²) in [5, 5.41) is 2.91. The van der Waals surface area contributed by atoms with Crippen molar-refractivity contribution in [3.05, 3.63) is 24.0 Å². The number of hydrogen-bond donors (Lipinski definition) is 3. The van der Waals surface area contributed by atoms with Crippen LogP contribution in [-0.2, 0) is 6.54 Å². The van der Waals surface area contributed by atoms with E-state index in [1.165, 1.54) is 0 Å². The molecular weight excluding hydrogens is 164 g/mol. The molecule has 0 spiro atoms. The Morgan fingerprint density at radius 2 is 2.60 bits per heavy atom. The second kappa shape index (κ2) is 3.63. The average molecular weight is 172 g/mol. The van der Waals surface area contributed by atoms with Crippen LogP contribution in [0.3, 0.4) is 0 Å². The molecule has 1 heterocycles. The fourth-order valence-corrected chi connectivity index (χ4v) is 0.800. The molecule has 0 amide bonds. The Labute approximate surface area is 70.4 Å². The summed E-state index contributed by atoms with van der Waals surface area (Å²) in [5.41, 5.74) is 1.11. The SMILES string of the molecule is S=C(S)NCc1ccc[nH]1. The molecule has 0 saturated heterocycles. The van der Waals surface area contributed by atoms with Crippen molar-refractivity contribution < 1.29 is 0 Å². The average Bonchev–Trinajstić information content (AvgIpc) is 2.34. The number of rotatable bonds is 2. The van der Waals surface area contributed by atoms with Crippen LogP contribution in [0.2, 0.25) is 0 Å². The van der Waals surface area contributed by atoms with Crippen molar-refractivity contribution in [1.29, 1.82) is 0 Å². The standard InChI is InChI=1S/C6H8N2S2/c9-6(10)8-4-5-2-1-3-7-5/h1-3,7H,4H2,(H2,8,9,10). The third-order valence-electron chi connectivity index (χ3n) is 1.09. The summed E-state index contributed by atoms with van der Waals surface area (Å²) < 4.78 is 0.523. The molecule has 4 heteroatoms. The summed E-state index contributed by atoms with van der Waals surface area (Å²) in [6.45, 7) is 0.718. The van der Waals surface area contributed by atoms with E-state index in [0.29, 0.717) is 4.32 Å². The molecular formula is C6H8N2S2. The van der Waals surface area contributed by atoms with Gasteiger partial charge in [0.2, 0.25) is 0 Å². The van der Waals surface area contributed by atoms with E-state index in [2.05, 4.69) is 22.9 Å². The van der Waals surface area contributed by atoms with Gasteiger partial charge in [-0.3, -0.25) is 0 Å². The van der Waals surface area contributed by atoms with E-state index in [-0.39, 0.29) is 0 Å². The first-order chi connectivity index (χ1) is 4.79. The van der Waals surface area contributed by atoms with Crippen LogP contribution in [0.25, 0.3) is 0 Å². The minimum Gasteiger partial charge on any atom is -0.366 e. The van der Waals surface area contributed by atoms with Gasteiger partial charge in [0.15, 0.2) is 0 Å². The lowest BCUT2D eigenvalue weighted by atomic mass is 10.4. The summed E-state index contributed by atoms with van der Waals surface area (Å²) in [6.07, 6.45) is 1.87. The topological polar surface area (TPSA) is 27.8 Å². The third kappa shape index (κ3) is 2.41. The van der Waals surface area contributed by atoms with Crippen molar-refractivity contribution in [1.82, 2.24) is 10.3 Å². The first-order valence-electron chi connectivity index (χ1n) is 2.88. The maximum atomic E-state index is 4.71. The molecule has 0 bridgehead atoms. The minimum absolute atomic E-state index is 0.523. The zero-order valence-electron chi connectivity index (χ0n) is 5.29. The van der Waals surface area contributed by atoms with Crippen LogP contribution in [0.1, 0.15) is 5.69 Å². The monoisotopic (exact) mass is 172 g/mol. The molecule has 0 unspecified atom stereocenters. The van der Waals surface area contributed by atoms with E-state index in [1.54, 1.807) is 0 Å². The van der Waals surface area contributed by atoms with Crippen molar-refractivity contribution in [2.45, 2.75) is 6.54 Å². The third-order valence-corrected chi connectivity index (χ3v) is 1.39. The molecule has 1 rings (SSSR count). The highest BCUT2D eigenvalue weighted by molar-refractivity contribution is 8.11. The van der Waals surface area contributed by atoms with Crippen LogP contribution in [0, 0.1) is 0 Å². The van der Waals surface area contributed by atoms with E-state index in [0.717, 1.165) is 12.2 Å². The highest BCUT2D eigenvalue weighted by atomic mass is 32.1. The summed E-state index contributed by atoms with van der Waals surface area (Å²) in [4.78, 5) is 3.04. The van der Waals surface area contributed by atoms with E-state index < -0.39 is 0 Å². The molecule has 0 saturated carbocycles. The molecule has 1 aromatic heterocycles. The Kier molecular flexibility index (Phi) is 2.77. The lowest BCUT2D eigenvalue weighted by Crippen LogP contribution is -2.15. The number of nitrogens with one attached hydrogen (secondary N) is 2. The van der Waals surface area contributed by atoms with Crippen molar-refractivity contribution >= 4 is 29.2 Å². The van der Waals surface area contributed by atoms with E-state index in [4.69, 9.17) is 12.2 Å². The quantitative estimate of drug-likeness (QED) is 0.464. The molecule has 0 radical (unpaired) electrons. The van der Waals surface area contributed by atoms with Crippen LogP contribution in [-0.4, -0.2) is 9.30 Å². The van der Waals surface area contributed by atoms with Crippen LogP contribution in [0.15, 0.2) is 18.3 Å². The van der Waals surface area contributed by atoms with Gasteiger partial charge in [0.05, 0.1) is 6.54 Å². The number of thiocarbonyl (C=S) groups is 1. The summed E-state index contributed by atoms with van der Waals surface area (Å²) in [5.74, 6) is 0. The Morgan fingerprint density at radius 1 is 1.80 bits per heavy atom. The van der Waals surface area contributed by atoms with Crippen LogP contribution in [0.4, 0.5) is 0 Å². The summed E-state index contributed by atoms with van der Waals surface area (Å²) >= 11 is 8.62. The maximum absolute atomic E-state index is 4.71. The van der Waals surface area contributed by atoms with Gasteiger partial charge < -0.3 is 10.3 Å². The lowest BCUT2D eigenvalue weighted by molar-refractivity contribution is 0.905. The zero-order valence-corrected chi connectivity index (χ0v) is 7.01.